The Morgan fingerprint density at radius 3 is 2.38 bits per heavy atom. The summed E-state index contributed by atoms with van der Waals surface area (Å²) in [7, 11) is 0. The van der Waals surface area contributed by atoms with Crippen molar-refractivity contribution in [3.05, 3.63) is 35.7 Å². The van der Waals surface area contributed by atoms with Gasteiger partial charge in [-0.25, -0.2) is 9.97 Å². The second-order valence-corrected chi connectivity index (χ2v) is 5.87. The van der Waals surface area contributed by atoms with Gasteiger partial charge >= 0.3 is 12.4 Å². The van der Waals surface area contributed by atoms with E-state index >= 15 is 0 Å². The average Bonchev–Trinajstić information content (AvgIpc) is 3.20. The van der Waals surface area contributed by atoms with E-state index in [2.05, 4.69) is 15.3 Å². The zero-order chi connectivity index (χ0) is 18.7. The molecule has 0 radical (unpaired) electrons. The van der Waals surface area contributed by atoms with Gasteiger partial charge in [-0.2, -0.15) is 26.3 Å². The van der Waals surface area contributed by atoms with Crippen molar-refractivity contribution in [1.82, 2.24) is 19.7 Å². The normalized spacial score (nSPS) is 16.2. The lowest BCUT2D eigenvalue weighted by atomic mass is 10.1. The van der Waals surface area contributed by atoms with Gasteiger partial charge in [-0.1, -0.05) is 0 Å². The number of alkyl halides is 6. The van der Waals surface area contributed by atoms with E-state index < -0.39 is 34.6 Å². The SMILES string of the molecule is FC(F)(F)c1cc(C(F)(F)F)c2ccc3nc(N4CCNC4)cn3c2n1. The number of hydrogen-bond acceptors (Lipinski definition) is 4. The van der Waals surface area contributed by atoms with Gasteiger partial charge in [0.05, 0.1) is 18.4 Å². The third-order valence-electron chi connectivity index (χ3n) is 4.17. The monoisotopic (exact) mass is 375 g/mol. The van der Waals surface area contributed by atoms with E-state index in [-0.39, 0.29) is 11.7 Å². The van der Waals surface area contributed by atoms with Crippen LogP contribution in [-0.4, -0.2) is 34.1 Å². The Hall–Kier alpha value is -2.56. The topological polar surface area (TPSA) is 45.5 Å². The molecule has 0 amide bonds. The lowest BCUT2D eigenvalue weighted by molar-refractivity contribution is -0.144. The van der Waals surface area contributed by atoms with Gasteiger partial charge in [0.15, 0.2) is 0 Å². The highest BCUT2D eigenvalue weighted by Crippen LogP contribution is 2.38. The Morgan fingerprint density at radius 2 is 1.77 bits per heavy atom. The average molecular weight is 375 g/mol. The minimum absolute atomic E-state index is 0.0381. The van der Waals surface area contributed by atoms with E-state index in [1.54, 1.807) is 0 Å². The molecule has 11 heteroatoms. The van der Waals surface area contributed by atoms with Crippen LogP contribution < -0.4 is 10.2 Å². The Morgan fingerprint density at radius 1 is 1.00 bits per heavy atom. The number of nitrogens with zero attached hydrogens (tertiary/aromatic N) is 4. The van der Waals surface area contributed by atoms with Crippen LogP contribution in [0.25, 0.3) is 16.7 Å². The minimum atomic E-state index is -5.00. The molecular weight excluding hydrogens is 364 g/mol. The Labute approximate surface area is 142 Å². The highest BCUT2D eigenvalue weighted by Gasteiger charge is 2.39. The van der Waals surface area contributed by atoms with Gasteiger partial charge in [0.25, 0.3) is 0 Å². The molecule has 138 valence electrons. The maximum Gasteiger partial charge on any atom is 0.433 e. The molecule has 5 nitrogen and oxygen atoms in total. The molecule has 1 aliphatic rings. The first kappa shape index (κ1) is 16.9. The summed E-state index contributed by atoms with van der Waals surface area (Å²) < 4.78 is 80.3. The molecule has 4 rings (SSSR count). The first-order valence-corrected chi connectivity index (χ1v) is 7.57. The molecule has 0 aliphatic carbocycles. The van der Waals surface area contributed by atoms with Crippen LogP contribution in [0.4, 0.5) is 32.2 Å². The van der Waals surface area contributed by atoms with Crippen LogP contribution in [0.5, 0.6) is 0 Å². The summed E-state index contributed by atoms with van der Waals surface area (Å²) in [5.74, 6) is 0.454. The Kier molecular flexibility index (Phi) is 3.55. The third-order valence-corrected chi connectivity index (χ3v) is 4.17. The van der Waals surface area contributed by atoms with Crippen molar-refractivity contribution in [2.24, 2.45) is 0 Å². The summed E-state index contributed by atoms with van der Waals surface area (Å²) in [4.78, 5) is 9.56. The number of nitrogens with one attached hydrogen (secondary N) is 1. The zero-order valence-electron chi connectivity index (χ0n) is 13.0. The van der Waals surface area contributed by atoms with Gasteiger partial charge in [0.1, 0.15) is 22.8 Å². The molecule has 1 N–H and O–H groups in total. The number of hydrogen-bond donors (Lipinski definition) is 1. The maximum atomic E-state index is 13.3. The fourth-order valence-corrected chi connectivity index (χ4v) is 2.95. The number of pyridine rings is 2. The molecular formula is C15H11F6N5. The fraction of sp³-hybridized carbons (Fsp3) is 0.333. The maximum absolute atomic E-state index is 13.3. The predicted octanol–water partition coefficient (Wildman–Crippen LogP) is 3.29. The quantitative estimate of drug-likeness (QED) is 0.663. The van der Waals surface area contributed by atoms with Gasteiger partial charge in [0.2, 0.25) is 0 Å². The van der Waals surface area contributed by atoms with Crippen molar-refractivity contribution >= 4 is 22.5 Å². The van der Waals surface area contributed by atoms with Gasteiger partial charge < -0.3 is 4.90 Å². The van der Waals surface area contributed by atoms with Crippen LogP contribution in [-0.2, 0) is 12.4 Å². The van der Waals surface area contributed by atoms with Gasteiger partial charge in [-0.15, -0.1) is 0 Å². The molecule has 0 atom stereocenters. The number of aromatic nitrogens is 3. The second-order valence-electron chi connectivity index (χ2n) is 5.87. The summed E-state index contributed by atoms with van der Waals surface area (Å²) in [5, 5.41) is 2.66. The van der Waals surface area contributed by atoms with Crippen molar-refractivity contribution in [2.45, 2.75) is 12.4 Å². The van der Waals surface area contributed by atoms with Crippen LogP contribution in [0.2, 0.25) is 0 Å². The highest BCUT2D eigenvalue weighted by atomic mass is 19.4. The molecule has 0 bridgehead atoms. The van der Waals surface area contributed by atoms with E-state index in [9.17, 15) is 26.3 Å². The standard InChI is InChI=1S/C15H11F6N5/c16-14(17,18)9-5-10(15(19,20)21)23-13-8(9)1-2-11-24-12(6-26(11)13)25-4-3-22-7-25/h1-2,5-6,22H,3-4,7H2. The largest absolute Gasteiger partial charge is 0.433 e. The zero-order valence-corrected chi connectivity index (χ0v) is 13.0. The van der Waals surface area contributed by atoms with Crippen molar-refractivity contribution in [3.63, 3.8) is 0 Å². The number of fused-ring (bicyclic) bond motifs is 3. The predicted molar refractivity (Wildman–Crippen MR) is 80.7 cm³/mol. The van der Waals surface area contributed by atoms with Crippen molar-refractivity contribution in [3.8, 4) is 0 Å². The van der Waals surface area contributed by atoms with Crippen LogP contribution in [0.3, 0.4) is 0 Å². The smallest absolute Gasteiger partial charge is 0.341 e. The number of anilines is 1. The molecule has 26 heavy (non-hydrogen) atoms. The first-order chi connectivity index (χ1) is 12.1. The van der Waals surface area contributed by atoms with Crippen LogP contribution >= 0.6 is 0 Å². The van der Waals surface area contributed by atoms with E-state index in [4.69, 9.17) is 0 Å². The molecule has 0 spiro atoms. The summed E-state index contributed by atoms with van der Waals surface area (Å²) in [6, 6.07) is 2.47. The molecule has 3 aromatic rings. The first-order valence-electron chi connectivity index (χ1n) is 7.57. The highest BCUT2D eigenvalue weighted by molar-refractivity contribution is 5.83. The summed E-state index contributed by atoms with van der Waals surface area (Å²) in [6.45, 7) is 1.84. The molecule has 1 saturated heterocycles. The molecule has 3 aromatic heterocycles. The van der Waals surface area contributed by atoms with E-state index in [0.717, 1.165) is 10.5 Å². The third kappa shape index (κ3) is 2.71. The number of halogens is 6. The van der Waals surface area contributed by atoms with Gasteiger partial charge in [-0.05, 0) is 18.2 Å². The number of rotatable bonds is 1. The molecule has 1 aliphatic heterocycles. The van der Waals surface area contributed by atoms with Gasteiger partial charge in [0, 0.05) is 18.5 Å². The second kappa shape index (κ2) is 5.47. The lowest BCUT2D eigenvalue weighted by Crippen LogP contribution is -2.21. The van der Waals surface area contributed by atoms with Crippen molar-refractivity contribution in [2.75, 3.05) is 24.7 Å². The molecule has 0 saturated carbocycles. The van der Waals surface area contributed by atoms with E-state index in [1.165, 1.54) is 12.3 Å². The summed E-state index contributed by atoms with van der Waals surface area (Å²) >= 11 is 0. The van der Waals surface area contributed by atoms with Crippen LogP contribution in [0, 0.1) is 0 Å². The lowest BCUT2D eigenvalue weighted by Gasteiger charge is -2.14. The van der Waals surface area contributed by atoms with E-state index in [0.29, 0.717) is 25.6 Å². The molecule has 0 unspecified atom stereocenters. The van der Waals surface area contributed by atoms with Crippen LogP contribution in [0.1, 0.15) is 11.3 Å². The minimum Gasteiger partial charge on any atom is -0.341 e. The van der Waals surface area contributed by atoms with Gasteiger partial charge in [-0.3, -0.25) is 9.72 Å². The van der Waals surface area contributed by atoms with Crippen molar-refractivity contribution < 1.29 is 26.3 Å². The fourth-order valence-electron chi connectivity index (χ4n) is 2.95. The van der Waals surface area contributed by atoms with E-state index in [1.807, 2.05) is 4.90 Å². The van der Waals surface area contributed by atoms with Crippen LogP contribution in [0.15, 0.2) is 24.4 Å². The molecule has 1 fully saturated rings. The molecule has 0 aromatic carbocycles. The molecule has 4 heterocycles. The Balaban J connectivity index is 2.02. The van der Waals surface area contributed by atoms with Crippen molar-refractivity contribution in [1.29, 1.82) is 0 Å². The number of imidazole rings is 1. The summed E-state index contributed by atoms with van der Waals surface area (Å²) in [6.07, 6.45) is -8.55. The Bertz CT molecular complexity index is 984. The summed E-state index contributed by atoms with van der Waals surface area (Å²) in [5.41, 5.74) is -3.19.